The van der Waals surface area contributed by atoms with Gasteiger partial charge in [-0.2, -0.15) is 10.2 Å². The molecule has 0 fully saturated rings. The fourth-order valence-electron chi connectivity index (χ4n) is 14.1. The third kappa shape index (κ3) is 13.0. The zero-order chi connectivity index (χ0) is 69.8. The number of nitrogens with two attached hydrogens (primary N) is 1. The van der Waals surface area contributed by atoms with Crippen LogP contribution in [0.15, 0.2) is 326 Å². The van der Waals surface area contributed by atoms with Gasteiger partial charge in [0.2, 0.25) is 0 Å². The molecule has 2 unspecified atom stereocenters. The number of aliphatic imine (C=N–C) groups is 2. The fourth-order valence-corrected chi connectivity index (χ4v) is 14.1. The zero-order valence-corrected chi connectivity index (χ0v) is 56.7. The highest BCUT2D eigenvalue weighted by Crippen LogP contribution is 2.48. The standard InChI is InChI=1S/C43H35N5O2.C35H26N4O2.C9H13NO/c1-50-40(30-14-6-2-7-15-30)29-45-42(49)38-26-32-27-39-36(28-37(32)46-38)41(31-22-24-44-25-23-31)47-48(39)43(33-16-8-3-9-17-33,34-18-10-4-11-19-34)35-20-12-5-13-21-35;1-41-34(40)31-21-25-22-32-29(23-30(25)37-31)33(24-17-19-36-20-18-24)38-39(32)35(26-11-5-2-6-12-26,27-13-7-3-8-14-27)28-15-9-4-10-16-28;1-11-9(7-10)8-5-3-2-4-6-8/h2-25,27-28,40H,26,29H2,1H3,(H,45,49);2-20,22-23H,21H2,1H3;2-6,9H,7,10H2,1H3. The Morgan fingerprint density at radius 3 is 1.09 bits per heavy atom. The van der Waals surface area contributed by atoms with E-state index >= 15 is 0 Å². The van der Waals surface area contributed by atoms with Crippen LogP contribution in [0.25, 0.3) is 44.3 Å². The quantitative estimate of drug-likeness (QED) is 0.0583. The van der Waals surface area contributed by atoms with Crippen molar-refractivity contribution in [2.75, 3.05) is 34.4 Å². The molecule has 0 radical (unpaired) electrons. The summed E-state index contributed by atoms with van der Waals surface area (Å²) < 4.78 is 20.2. The van der Waals surface area contributed by atoms with E-state index in [4.69, 9.17) is 35.1 Å². The predicted molar refractivity (Wildman–Crippen MR) is 403 cm³/mol. The first-order valence-corrected chi connectivity index (χ1v) is 33.9. The predicted octanol–water partition coefficient (Wildman–Crippen LogP) is 16.1. The molecule has 6 heterocycles. The molecule has 16 rings (SSSR count). The van der Waals surface area contributed by atoms with Crippen molar-refractivity contribution in [2.24, 2.45) is 15.7 Å². The van der Waals surface area contributed by atoms with Crippen LogP contribution in [0.3, 0.4) is 0 Å². The third-order valence-electron chi connectivity index (χ3n) is 18.9. The minimum absolute atomic E-state index is 0.0381. The van der Waals surface area contributed by atoms with Crippen molar-refractivity contribution < 1.29 is 23.8 Å². The number of pyridine rings is 2. The van der Waals surface area contributed by atoms with Crippen LogP contribution < -0.4 is 11.1 Å². The number of benzene rings is 10. The summed E-state index contributed by atoms with van der Waals surface area (Å²) in [6, 6.07) is 99.3. The van der Waals surface area contributed by atoms with Crippen molar-refractivity contribution in [2.45, 2.75) is 36.1 Å². The molecule has 2 atom stereocenters. The average Bonchev–Trinajstić information content (AvgIpc) is 1.32. The maximum absolute atomic E-state index is 13.5. The summed E-state index contributed by atoms with van der Waals surface area (Å²) in [5.74, 6) is -0.611. The second kappa shape index (κ2) is 30.4. The number of amides is 1. The molecule has 4 aromatic heterocycles. The second-order valence-electron chi connectivity index (χ2n) is 24.8. The maximum Gasteiger partial charge on any atom is 0.352 e. The smallest absolute Gasteiger partial charge is 0.352 e. The van der Waals surface area contributed by atoms with Gasteiger partial charge in [-0.15, -0.1) is 0 Å². The van der Waals surface area contributed by atoms with Crippen molar-refractivity contribution in [3.63, 3.8) is 0 Å². The van der Waals surface area contributed by atoms with Gasteiger partial charge in [-0.3, -0.25) is 14.8 Å². The van der Waals surface area contributed by atoms with Gasteiger partial charge in [0, 0.05) is 86.8 Å². The second-order valence-corrected chi connectivity index (χ2v) is 24.8. The Balaban J connectivity index is 0.000000152. The van der Waals surface area contributed by atoms with Crippen molar-refractivity contribution in [3.8, 4) is 22.5 Å². The lowest BCUT2D eigenvalue weighted by Crippen LogP contribution is -2.38. The molecule has 0 spiro atoms. The van der Waals surface area contributed by atoms with Crippen molar-refractivity contribution in [3.05, 3.63) is 372 Å². The molecule has 15 heteroatoms. The number of methoxy groups -OCH3 is 3. The monoisotopic (exact) mass is 1340 g/mol. The van der Waals surface area contributed by atoms with Gasteiger partial charge in [0.15, 0.2) is 0 Å². The van der Waals surface area contributed by atoms with E-state index < -0.39 is 17.0 Å². The molecule has 2 aliphatic rings. The van der Waals surface area contributed by atoms with E-state index in [0.29, 0.717) is 37.4 Å². The van der Waals surface area contributed by atoms with Crippen molar-refractivity contribution in [1.29, 1.82) is 0 Å². The number of nitrogens with one attached hydrogen (secondary N) is 1. The Kier molecular flexibility index (Phi) is 19.9. The number of carbonyl (C=O) groups is 2. The minimum atomic E-state index is -0.826. The van der Waals surface area contributed by atoms with Crippen LogP contribution in [-0.4, -0.2) is 87.2 Å². The van der Waals surface area contributed by atoms with Gasteiger partial charge < -0.3 is 25.3 Å². The summed E-state index contributed by atoms with van der Waals surface area (Å²) in [5.41, 5.74) is 22.2. The van der Waals surface area contributed by atoms with E-state index in [2.05, 4.69) is 193 Å². The highest BCUT2D eigenvalue weighted by Gasteiger charge is 2.43. The lowest BCUT2D eigenvalue weighted by Gasteiger charge is -2.37. The third-order valence-corrected chi connectivity index (χ3v) is 18.9. The highest BCUT2D eigenvalue weighted by atomic mass is 16.5. The topological polar surface area (TPSA) is 186 Å². The van der Waals surface area contributed by atoms with Gasteiger partial charge in [0.05, 0.1) is 41.7 Å². The molecule has 502 valence electrons. The molecule has 0 saturated carbocycles. The average molecular weight is 1340 g/mol. The summed E-state index contributed by atoms with van der Waals surface area (Å²) in [6.45, 7) is 0.867. The number of esters is 1. The van der Waals surface area contributed by atoms with Crippen LogP contribution in [0.2, 0.25) is 0 Å². The van der Waals surface area contributed by atoms with E-state index in [9.17, 15) is 9.59 Å². The summed E-state index contributed by atoms with van der Waals surface area (Å²) in [7, 11) is 4.71. The number of hydrogen-bond donors (Lipinski definition) is 2. The van der Waals surface area contributed by atoms with Crippen LogP contribution in [0.5, 0.6) is 0 Å². The lowest BCUT2D eigenvalue weighted by molar-refractivity contribution is -0.132. The number of rotatable bonds is 19. The number of aromatic nitrogens is 6. The zero-order valence-electron chi connectivity index (χ0n) is 56.7. The summed E-state index contributed by atoms with van der Waals surface area (Å²) in [6.07, 6.45) is 7.72. The molecule has 10 aromatic carbocycles. The number of ether oxygens (including phenoxy) is 3. The molecule has 0 bridgehead atoms. The molecule has 15 nitrogen and oxygen atoms in total. The maximum atomic E-state index is 13.5. The van der Waals surface area contributed by atoms with E-state index in [1.54, 1.807) is 39.0 Å². The Bertz CT molecular complexity index is 5050. The first-order chi connectivity index (χ1) is 50.2. The van der Waals surface area contributed by atoms with Crippen LogP contribution in [0.1, 0.15) is 67.8 Å². The summed E-state index contributed by atoms with van der Waals surface area (Å²) in [5, 5.41) is 15.9. The van der Waals surface area contributed by atoms with Gasteiger partial charge in [0.1, 0.15) is 33.9 Å². The van der Waals surface area contributed by atoms with E-state index in [0.717, 1.165) is 111 Å². The molecular formula is C87H74N10O5. The largest absolute Gasteiger partial charge is 0.465 e. The molecule has 2 aliphatic heterocycles. The lowest BCUT2D eigenvalue weighted by atomic mass is 9.77. The van der Waals surface area contributed by atoms with Gasteiger partial charge >= 0.3 is 5.97 Å². The van der Waals surface area contributed by atoms with Crippen LogP contribution >= 0.6 is 0 Å². The van der Waals surface area contributed by atoms with Crippen molar-refractivity contribution in [1.82, 2.24) is 34.8 Å². The minimum Gasteiger partial charge on any atom is -0.465 e. The molecule has 0 aliphatic carbocycles. The Morgan fingerprint density at radius 1 is 0.431 bits per heavy atom. The number of carbonyl (C=O) groups excluding carboxylic acids is 2. The van der Waals surface area contributed by atoms with Gasteiger partial charge in [-0.25, -0.2) is 24.1 Å². The normalized spacial score (nSPS) is 12.9. The number of nitrogens with zero attached hydrogens (tertiary/aromatic N) is 8. The fraction of sp³-hybridized carbons (Fsp3) is 0.126. The molecule has 1 amide bonds. The summed E-state index contributed by atoms with van der Waals surface area (Å²) in [4.78, 5) is 44.0. The Hall–Kier alpha value is -12.4. The number of fused-ring (bicyclic) bond motifs is 4. The summed E-state index contributed by atoms with van der Waals surface area (Å²) >= 11 is 0. The van der Waals surface area contributed by atoms with Crippen molar-refractivity contribution >= 4 is 56.5 Å². The molecule has 14 aromatic rings. The number of hydrogen-bond acceptors (Lipinski definition) is 12. The Labute approximate surface area is 592 Å². The van der Waals surface area contributed by atoms with E-state index in [1.807, 2.05) is 127 Å². The molecule has 102 heavy (non-hydrogen) atoms. The molecule has 0 saturated heterocycles. The van der Waals surface area contributed by atoms with Gasteiger partial charge in [-0.05, 0) is 104 Å². The highest BCUT2D eigenvalue weighted by molar-refractivity contribution is 6.41. The van der Waals surface area contributed by atoms with Gasteiger partial charge in [0.25, 0.3) is 5.91 Å². The van der Waals surface area contributed by atoms with Crippen LogP contribution in [0, 0.1) is 0 Å². The van der Waals surface area contributed by atoms with E-state index in [1.165, 1.54) is 7.11 Å². The first kappa shape index (κ1) is 66.8. The molecule has 3 N–H and O–H groups in total. The van der Waals surface area contributed by atoms with Crippen LogP contribution in [0.4, 0.5) is 11.4 Å². The van der Waals surface area contributed by atoms with Crippen LogP contribution in [-0.2, 0) is 47.7 Å². The SMILES string of the molecule is COC(=O)C1=Nc2cc3c(-c4ccncc4)nn(C(c4ccccc4)(c4ccccc4)c4ccccc4)c3cc2C1.COC(CN)c1ccccc1.COC(CNC(=O)C1=Nc2cc3c(-c4ccncc4)nn(C(c4ccccc4)(c4ccccc4)c4ccccc4)c3cc2C1)c1ccccc1. The molecular weight excluding hydrogens is 1270 g/mol. The first-order valence-electron chi connectivity index (χ1n) is 33.9. The van der Waals surface area contributed by atoms with Gasteiger partial charge in [-0.1, -0.05) is 243 Å². The Morgan fingerprint density at radius 2 is 0.755 bits per heavy atom. The van der Waals surface area contributed by atoms with E-state index in [-0.39, 0.29) is 18.1 Å².